The third-order valence-electron chi connectivity index (χ3n) is 4.23. The van der Waals surface area contributed by atoms with Gasteiger partial charge in [-0.2, -0.15) is 9.50 Å². The lowest BCUT2D eigenvalue weighted by molar-refractivity contribution is 0.309. The predicted octanol–water partition coefficient (Wildman–Crippen LogP) is 3.68. The number of nitrogens with zero attached hydrogens (tertiary/aromatic N) is 3. The maximum Gasteiger partial charge on any atom is 0.291 e. The molecule has 0 amide bonds. The molecule has 2 heterocycles. The van der Waals surface area contributed by atoms with Crippen molar-refractivity contribution in [2.75, 3.05) is 6.61 Å². The van der Waals surface area contributed by atoms with Crippen LogP contribution in [0.4, 0.5) is 4.39 Å². The number of aromatic nitrogens is 3. The van der Waals surface area contributed by atoms with Gasteiger partial charge in [0.05, 0.1) is 11.1 Å². The average molecular weight is 395 g/mol. The Hall–Kier alpha value is -3.06. The van der Waals surface area contributed by atoms with E-state index >= 15 is 0 Å². The lowest BCUT2D eigenvalue weighted by Crippen LogP contribution is -2.23. The fourth-order valence-corrected chi connectivity index (χ4v) is 3.61. The van der Waals surface area contributed by atoms with Crippen LogP contribution in [0, 0.1) is 5.82 Å². The third kappa shape index (κ3) is 3.80. The first kappa shape index (κ1) is 18.3. The molecule has 0 saturated carbocycles. The van der Waals surface area contributed by atoms with Crippen LogP contribution in [0.3, 0.4) is 0 Å². The summed E-state index contributed by atoms with van der Waals surface area (Å²) in [4.78, 5) is 17.6. The molecule has 0 aliphatic carbocycles. The lowest BCUT2D eigenvalue weighted by atomic mass is 10.2. The molecule has 2 aromatic carbocycles. The molecular formula is C21H18FN3O2S. The van der Waals surface area contributed by atoms with Gasteiger partial charge in [-0.3, -0.25) is 4.79 Å². The van der Waals surface area contributed by atoms with Gasteiger partial charge in [0.2, 0.25) is 4.96 Å². The standard InChI is InChI=1S/C21H18FN3O2S/c1-2-3-12-27-17-10-6-15(7-11-17)19-23-21-25(24-19)20(26)18(28-21)13-14-4-8-16(22)9-5-14/h4-11,13H,2-3,12H2,1H3/b18-13+. The van der Waals surface area contributed by atoms with Crippen LogP contribution >= 0.6 is 11.3 Å². The van der Waals surface area contributed by atoms with Gasteiger partial charge in [0, 0.05) is 5.56 Å². The molecule has 0 atom stereocenters. The van der Waals surface area contributed by atoms with Gasteiger partial charge in [0.1, 0.15) is 11.6 Å². The van der Waals surface area contributed by atoms with E-state index in [2.05, 4.69) is 17.0 Å². The Kier molecular flexibility index (Phi) is 5.16. The van der Waals surface area contributed by atoms with Gasteiger partial charge in [-0.1, -0.05) is 36.8 Å². The number of rotatable bonds is 6. The fraction of sp³-hybridized carbons (Fsp3) is 0.190. The summed E-state index contributed by atoms with van der Waals surface area (Å²) in [5, 5.41) is 4.35. The summed E-state index contributed by atoms with van der Waals surface area (Å²) in [6, 6.07) is 13.5. The molecule has 0 saturated heterocycles. The first-order valence-corrected chi connectivity index (χ1v) is 9.86. The highest BCUT2D eigenvalue weighted by atomic mass is 32.1. The normalized spacial score (nSPS) is 12.0. The second-order valence-electron chi connectivity index (χ2n) is 6.32. The van der Waals surface area contributed by atoms with Gasteiger partial charge >= 0.3 is 0 Å². The van der Waals surface area contributed by atoms with E-state index in [0.717, 1.165) is 29.7 Å². The van der Waals surface area contributed by atoms with Crippen molar-refractivity contribution in [3.05, 3.63) is 74.8 Å². The quantitative estimate of drug-likeness (QED) is 0.467. The first-order valence-electron chi connectivity index (χ1n) is 9.04. The molecule has 7 heteroatoms. The maximum atomic E-state index is 13.0. The molecule has 2 aromatic heterocycles. The van der Waals surface area contributed by atoms with E-state index in [1.165, 1.54) is 28.0 Å². The predicted molar refractivity (Wildman–Crippen MR) is 108 cm³/mol. The van der Waals surface area contributed by atoms with Crippen molar-refractivity contribution in [3.8, 4) is 17.1 Å². The number of ether oxygens (including phenoxy) is 1. The highest BCUT2D eigenvalue weighted by Crippen LogP contribution is 2.20. The van der Waals surface area contributed by atoms with Crippen LogP contribution in [0.15, 0.2) is 53.3 Å². The van der Waals surface area contributed by atoms with Crippen LogP contribution in [-0.4, -0.2) is 21.2 Å². The van der Waals surface area contributed by atoms with E-state index in [9.17, 15) is 9.18 Å². The van der Waals surface area contributed by atoms with E-state index in [-0.39, 0.29) is 11.4 Å². The largest absolute Gasteiger partial charge is 0.494 e. The highest BCUT2D eigenvalue weighted by Gasteiger charge is 2.12. The van der Waals surface area contributed by atoms with Crippen molar-refractivity contribution in [2.24, 2.45) is 0 Å². The highest BCUT2D eigenvalue weighted by molar-refractivity contribution is 7.15. The molecular weight excluding hydrogens is 377 g/mol. The average Bonchev–Trinajstić information content (AvgIpc) is 3.24. The summed E-state index contributed by atoms with van der Waals surface area (Å²) in [5.74, 6) is 0.990. The Balaban J connectivity index is 1.61. The second-order valence-corrected chi connectivity index (χ2v) is 7.33. The van der Waals surface area contributed by atoms with Crippen LogP contribution in [-0.2, 0) is 0 Å². The molecule has 0 aliphatic rings. The zero-order valence-electron chi connectivity index (χ0n) is 15.3. The Morgan fingerprint density at radius 3 is 2.57 bits per heavy atom. The van der Waals surface area contributed by atoms with E-state index in [4.69, 9.17) is 4.74 Å². The van der Waals surface area contributed by atoms with Crippen LogP contribution in [0.25, 0.3) is 22.4 Å². The zero-order chi connectivity index (χ0) is 19.5. The monoisotopic (exact) mass is 395 g/mol. The van der Waals surface area contributed by atoms with Crippen LogP contribution in [0.2, 0.25) is 0 Å². The van der Waals surface area contributed by atoms with Gasteiger partial charge in [0.25, 0.3) is 5.56 Å². The van der Waals surface area contributed by atoms with Gasteiger partial charge in [-0.15, -0.1) is 5.10 Å². The van der Waals surface area contributed by atoms with E-state index < -0.39 is 0 Å². The minimum absolute atomic E-state index is 0.234. The molecule has 0 radical (unpaired) electrons. The van der Waals surface area contributed by atoms with Crippen molar-refractivity contribution in [3.63, 3.8) is 0 Å². The van der Waals surface area contributed by atoms with Crippen LogP contribution < -0.4 is 14.8 Å². The van der Waals surface area contributed by atoms with Gasteiger partial charge in [0.15, 0.2) is 5.82 Å². The fourth-order valence-electron chi connectivity index (χ4n) is 2.70. The summed E-state index contributed by atoms with van der Waals surface area (Å²) in [6.07, 6.45) is 3.82. The molecule has 0 bridgehead atoms. The number of hydrogen-bond acceptors (Lipinski definition) is 5. The van der Waals surface area contributed by atoms with Crippen molar-refractivity contribution >= 4 is 22.4 Å². The molecule has 4 rings (SSSR count). The van der Waals surface area contributed by atoms with Crippen LogP contribution in [0.1, 0.15) is 25.3 Å². The van der Waals surface area contributed by atoms with Crippen molar-refractivity contribution in [1.82, 2.24) is 14.6 Å². The number of unbranched alkanes of at least 4 members (excludes halogenated alkanes) is 1. The summed E-state index contributed by atoms with van der Waals surface area (Å²) in [5.41, 5.74) is 1.34. The zero-order valence-corrected chi connectivity index (χ0v) is 16.1. The summed E-state index contributed by atoms with van der Waals surface area (Å²) in [6.45, 7) is 2.82. The molecule has 0 fully saturated rings. The Morgan fingerprint density at radius 2 is 1.89 bits per heavy atom. The van der Waals surface area contributed by atoms with Crippen molar-refractivity contribution < 1.29 is 9.13 Å². The lowest BCUT2D eigenvalue weighted by Gasteiger charge is -2.05. The van der Waals surface area contributed by atoms with Gasteiger partial charge in [-0.05, 0) is 54.5 Å². The molecule has 0 spiro atoms. The maximum absolute atomic E-state index is 13.0. The van der Waals surface area contributed by atoms with E-state index in [1.54, 1.807) is 18.2 Å². The molecule has 142 valence electrons. The van der Waals surface area contributed by atoms with Crippen molar-refractivity contribution in [2.45, 2.75) is 19.8 Å². The molecule has 0 N–H and O–H groups in total. The Labute approximate surface area is 164 Å². The third-order valence-corrected chi connectivity index (χ3v) is 5.19. The molecule has 4 aromatic rings. The summed E-state index contributed by atoms with van der Waals surface area (Å²) in [7, 11) is 0. The van der Waals surface area contributed by atoms with Crippen LogP contribution in [0.5, 0.6) is 5.75 Å². The molecule has 5 nitrogen and oxygen atoms in total. The smallest absolute Gasteiger partial charge is 0.291 e. The number of fused-ring (bicyclic) bond motifs is 1. The van der Waals surface area contributed by atoms with Gasteiger partial charge in [-0.25, -0.2) is 4.39 Å². The number of benzene rings is 2. The molecule has 0 aliphatic heterocycles. The SMILES string of the molecule is CCCCOc1ccc(-c2nc3s/c(=C/c4ccc(F)cc4)c(=O)n3n2)cc1. The minimum atomic E-state index is -0.312. The topological polar surface area (TPSA) is 56.5 Å². The van der Waals surface area contributed by atoms with Gasteiger partial charge < -0.3 is 4.74 Å². The second kappa shape index (κ2) is 7.90. The van der Waals surface area contributed by atoms with Crippen molar-refractivity contribution in [1.29, 1.82) is 0 Å². The molecule has 28 heavy (non-hydrogen) atoms. The Bertz CT molecular complexity index is 1200. The first-order chi connectivity index (χ1) is 13.6. The summed E-state index contributed by atoms with van der Waals surface area (Å²) >= 11 is 1.26. The summed E-state index contributed by atoms with van der Waals surface area (Å²) < 4.78 is 20.5. The van der Waals surface area contributed by atoms with E-state index in [1.807, 2.05) is 24.3 Å². The number of thiazole rings is 1. The van der Waals surface area contributed by atoms with E-state index in [0.29, 0.717) is 21.9 Å². The Morgan fingerprint density at radius 1 is 1.14 bits per heavy atom. The number of hydrogen-bond donors (Lipinski definition) is 0. The molecule has 0 unspecified atom stereocenters. The minimum Gasteiger partial charge on any atom is -0.494 e. The number of halogens is 1.